The molecule has 1 heterocycles. The molecule has 0 saturated carbocycles. The van der Waals surface area contributed by atoms with Crippen LogP contribution in [0.5, 0.6) is 5.75 Å². The van der Waals surface area contributed by atoms with Crippen molar-refractivity contribution in [2.24, 2.45) is 0 Å². The summed E-state index contributed by atoms with van der Waals surface area (Å²) in [6.45, 7) is 0. The molecule has 4 nitrogen and oxygen atoms in total. The van der Waals surface area contributed by atoms with Gasteiger partial charge in [0.05, 0.1) is 18.9 Å². The molecule has 1 N–H and O–H groups in total. The van der Waals surface area contributed by atoms with Crippen LogP contribution in [0, 0.1) is 0 Å². The van der Waals surface area contributed by atoms with E-state index in [2.05, 4.69) is 5.32 Å². The first-order chi connectivity index (χ1) is 11.8. The molecule has 4 heteroatoms. The minimum absolute atomic E-state index is 0.206. The monoisotopic (exact) mass is 319 g/mol. The first-order valence-electron chi connectivity index (χ1n) is 7.52. The molecule has 0 radical (unpaired) electrons. The van der Waals surface area contributed by atoms with Crippen LogP contribution < -0.4 is 10.1 Å². The lowest BCUT2D eigenvalue weighted by Crippen LogP contribution is -2.13. The number of carbonyl (C=O) groups excluding carboxylic acids is 1. The van der Waals surface area contributed by atoms with E-state index in [1.165, 1.54) is 0 Å². The number of hydrogen-bond acceptors (Lipinski definition) is 3. The maximum Gasteiger partial charge on any atom is 0.256 e. The number of rotatable bonds is 5. The largest absolute Gasteiger partial charge is 0.497 e. The Bertz CT molecular complexity index is 819. The van der Waals surface area contributed by atoms with Crippen molar-refractivity contribution in [3.8, 4) is 5.75 Å². The first-order valence-corrected chi connectivity index (χ1v) is 7.52. The highest BCUT2D eigenvalue weighted by Gasteiger charge is 2.13. The van der Waals surface area contributed by atoms with Gasteiger partial charge in [0.15, 0.2) is 0 Å². The molecule has 0 fully saturated rings. The molecule has 120 valence electrons. The van der Waals surface area contributed by atoms with Gasteiger partial charge in [-0.25, -0.2) is 0 Å². The van der Waals surface area contributed by atoms with Crippen LogP contribution in [0.4, 0.5) is 5.69 Å². The van der Waals surface area contributed by atoms with Gasteiger partial charge in [0.1, 0.15) is 11.5 Å². The highest BCUT2D eigenvalue weighted by Crippen LogP contribution is 2.22. The van der Waals surface area contributed by atoms with Crippen molar-refractivity contribution in [1.29, 1.82) is 0 Å². The van der Waals surface area contributed by atoms with Crippen molar-refractivity contribution in [2.45, 2.75) is 0 Å². The number of anilines is 1. The van der Waals surface area contributed by atoms with Gasteiger partial charge in [0.25, 0.3) is 5.91 Å². The quantitative estimate of drug-likeness (QED) is 0.706. The third-order valence-electron chi connectivity index (χ3n) is 3.51. The molecule has 1 amide bonds. The lowest BCUT2D eigenvalue weighted by atomic mass is 10.0. The van der Waals surface area contributed by atoms with E-state index in [0.717, 1.165) is 11.3 Å². The zero-order chi connectivity index (χ0) is 16.8. The van der Waals surface area contributed by atoms with Crippen molar-refractivity contribution in [1.82, 2.24) is 0 Å². The van der Waals surface area contributed by atoms with Gasteiger partial charge in [-0.15, -0.1) is 0 Å². The molecule has 0 aliphatic rings. The maximum atomic E-state index is 12.7. The van der Waals surface area contributed by atoms with Gasteiger partial charge in [0.2, 0.25) is 0 Å². The van der Waals surface area contributed by atoms with E-state index >= 15 is 0 Å². The fourth-order valence-electron chi connectivity index (χ4n) is 2.29. The Morgan fingerprint density at radius 2 is 1.75 bits per heavy atom. The lowest BCUT2D eigenvalue weighted by molar-refractivity contribution is -0.111. The first kappa shape index (κ1) is 15.6. The summed E-state index contributed by atoms with van der Waals surface area (Å²) in [6, 6.07) is 20.3. The molecular formula is C20H17NO3. The number of amides is 1. The molecule has 0 aliphatic heterocycles. The summed E-state index contributed by atoms with van der Waals surface area (Å²) in [5, 5.41) is 2.90. The lowest BCUT2D eigenvalue weighted by Gasteiger charge is -2.10. The van der Waals surface area contributed by atoms with Gasteiger partial charge < -0.3 is 14.5 Å². The van der Waals surface area contributed by atoms with Crippen LogP contribution in [-0.2, 0) is 4.79 Å². The molecule has 2 aromatic carbocycles. The SMILES string of the molecule is COc1ccc(NC(=O)/C(=C/c2ccco2)c2ccccc2)cc1. The average molecular weight is 319 g/mol. The van der Waals surface area contributed by atoms with Gasteiger partial charge in [-0.3, -0.25) is 4.79 Å². The topological polar surface area (TPSA) is 51.5 Å². The highest BCUT2D eigenvalue weighted by molar-refractivity contribution is 6.29. The standard InChI is InChI=1S/C20H17NO3/c1-23-17-11-9-16(10-12-17)21-20(22)19(14-18-8-5-13-24-18)15-6-3-2-4-7-15/h2-14H,1H3,(H,21,22)/b19-14+. The number of nitrogens with one attached hydrogen (secondary N) is 1. The number of hydrogen-bond donors (Lipinski definition) is 1. The number of methoxy groups -OCH3 is 1. The molecule has 0 atom stereocenters. The summed E-state index contributed by atoms with van der Waals surface area (Å²) in [5.41, 5.74) is 2.04. The van der Waals surface area contributed by atoms with Gasteiger partial charge >= 0.3 is 0 Å². The molecule has 0 spiro atoms. The summed E-state index contributed by atoms with van der Waals surface area (Å²) in [6.07, 6.45) is 3.31. The summed E-state index contributed by atoms with van der Waals surface area (Å²) < 4.78 is 10.5. The Morgan fingerprint density at radius 3 is 2.38 bits per heavy atom. The van der Waals surface area contributed by atoms with Gasteiger partial charge in [-0.2, -0.15) is 0 Å². The normalized spacial score (nSPS) is 11.1. The third-order valence-corrected chi connectivity index (χ3v) is 3.51. The highest BCUT2D eigenvalue weighted by atomic mass is 16.5. The van der Waals surface area contributed by atoms with E-state index in [9.17, 15) is 4.79 Å². The molecule has 0 aliphatic carbocycles. The second-order valence-electron chi connectivity index (χ2n) is 5.12. The zero-order valence-electron chi connectivity index (χ0n) is 13.2. The average Bonchev–Trinajstić information content (AvgIpc) is 3.14. The molecule has 0 saturated heterocycles. The van der Waals surface area contributed by atoms with Gasteiger partial charge in [-0.1, -0.05) is 30.3 Å². The molecule has 0 bridgehead atoms. The van der Waals surface area contributed by atoms with Crippen LogP contribution in [0.2, 0.25) is 0 Å². The smallest absolute Gasteiger partial charge is 0.256 e. The van der Waals surface area contributed by atoms with Crippen LogP contribution in [-0.4, -0.2) is 13.0 Å². The van der Waals surface area contributed by atoms with E-state index in [4.69, 9.17) is 9.15 Å². The van der Waals surface area contributed by atoms with E-state index in [0.29, 0.717) is 17.0 Å². The molecule has 24 heavy (non-hydrogen) atoms. The second kappa shape index (κ2) is 7.33. The fourth-order valence-corrected chi connectivity index (χ4v) is 2.29. The van der Waals surface area contributed by atoms with Crippen LogP contribution in [0.25, 0.3) is 11.6 Å². The third kappa shape index (κ3) is 3.73. The van der Waals surface area contributed by atoms with E-state index < -0.39 is 0 Å². The minimum Gasteiger partial charge on any atom is -0.497 e. The zero-order valence-corrected chi connectivity index (χ0v) is 13.2. The number of carbonyl (C=O) groups is 1. The minimum atomic E-state index is -0.206. The predicted molar refractivity (Wildman–Crippen MR) is 94.6 cm³/mol. The van der Waals surface area contributed by atoms with Crippen molar-refractivity contribution in [3.63, 3.8) is 0 Å². The summed E-state index contributed by atoms with van der Waals surface area (Å²) in [5.74, 6) is 1.16. The molecule has 3 aromatic rings. The molecule has 3 rings (SSSR count). The van der Waals surface area contributed by atoms with Crippen molar-refractivity contribution >= 4 is 23.2 Å². The summed E-state index contributed by atoms with van der Waals surface area (Å²) >= 11 is 0. The Morgan fingerprint density at radius 1 is 1.00 bits per heavy atom. The number of furan rings is 1. The second-order valence-corrected chi connectivity index (χ2v) is 5.12. The van der Waals surface area contributed by atoms with Crippen LogP contribution in [0.15, 0.2) is 77.4 Å². The summed E-state index contributed by atoms with van der Waals surface area (Å²) in [4.78, 5) is 12.7. The van der Waals surface area contributed by atoms with Gasteiger partial charge in [-0.05, 0) is 48.0 Å². The Labute approximate surface area is 140 Å². The van der Waals surface area contributed by atoms with E-state index in [1.54, 1.807) is 49.8 Å². The summed E-state index contributed by atoms with van der Waals surface area (Å²) in [7, 11) is 1.60. The van der Waals surface area contributed by atoms with Crippen molar-refractivity contribution in [2.75, 3.05) is 12.4 Å². The Hall–Kier alpha value is -3.27. The Balaban J connectivity index is 1.88. The molecule has 1 aromatic heterocycles. The number of benzene rings is 2. The maximum absolute atomic E-state index is 12.7. The van der Waals surface area contributed by atoms with Gasteiger partial charge in [0, 0.05) is 5.69 Å². The van der Waals surface area contributed by atoms with E-state index in [-0.39, 0.29) is 5.91 Å². The Kier molecular flexibility index (Phi) is 4.77. The van der Waals surface area contributed by atoms with Crippen LogP contribution in [0.1, 0.15) is 11.3 Å². The van der Waals surface area contributed by atoms with Crippen LogP contribution in [0.3, 0.4) is 0 Å². The molecule has 0 unspecified atom stereocenters. The predicted octanol–water partition coefficient (Wildman–Crippen LogP) is 4.47. The molecular weight excluding hydrogens is 302 g/mol. The van der Waals surface area contributed by atoms with Crippen molar-refractivity contribution in [3.05, 3.63) is 84.3 Å². The van der Waals surface area contributed by atoms with E-state index in [1.807, 2.05) is 36.4 Å². The van der Waals surface area contributed by atoms with Crippen LogP contribution >= 0.6 is 0 Å². The fraction of sp³-hybridized carbons (Fsp3) is 0.0500. The number of ether oxygens (including phenoxy) is 1. The van der Waals surface area contributed by atoms with Crippen molar-refractivity contribution < 1.29 is 13.9 Å².